The van der Waals surface area contributed by atoms with E-state index in [1.807, 2.05) is 18.2 Å². The van der Waals surface area contributed by atoms with Gasteiger partial charge in [0.1, 0.15) is 5.78 Å². The third kappa shape index (κ3) is 2.81. The molecule has 0 atom stereocenters. The highest BCUT2D eigenvalue weighted by Crippen LogP contribution is 2.14. The second-order valence-corrected chi connectivity index (χ2v) is 5.16. The van der Waals surface area contributed by atoms with Crippen LogP contribution in [0, 0.1) is 3.57 Å². The number of rotatable bonds is 2. The van der Waals surface area contributed by atoms with Gasteiger partial charge in [0.05, 0.1) is 6.42 Å². The lowest BCUT2D eigenvalue weighted by Crippen LogP contribution is -2.38. The molecule has 1 aromatic rings. The molecule has 4 heteroatoms. The Kier molecular flexibility index (Phi) is 3.58. The molecule has 1 aliphatic rings. The Morgan fingerprint density at radius 2 is 2.12 bits per heavy atom. The van der Waals surface area contributed by atoms with Crippen molar-refractivity contribution in [2.75, 3.05) is 6.54 Å². The van der Waals surface area contributed by atoms with Crippen LogP contribution in [0.4, 0.5) is 0 Å². The zero-order valence-corrected chi connectivity index (χ0v) is 10.9. The van der Waals surface area contributed by atoms with Gasteiger partial charge in [-0.3, -0.25) is 9.59 Å². The average Bonchev–Trinajstić information content (AvgIpc) is 2.22. The fourth-order valence-electron chi connectivity index (χ4n) is 1.78. The molecule has 1 aromatic carbocycles. The molecule has 0 aromatic heterocycles. The summed E-state index contributed by atoms with van der Waals surface area (Å²) in [5.41, 5.74) is 1.12. The molecule has 84 valence electrons. The molecule has 0 radical (unpaired) electrons. The number of nitrogens with zero attached hydrogens (tertiary/aromatic N) is 1. The third-order valence-electron chi connectivity index (χ3n) is 2.62. The van der Waals surface area contributed by atoms with Crippen molar-refractivity contribution in [2.24, 2.45) is 0 Å². The minimum absolute atomic E-state index is 0.0462. The Morgan fingerprint density at radius 3 is 2.81 bits per heavy atom. The van der Waals surface area contributed by atoms with Crippen LogP contribution in [0.1, 0.15) is 18.4 Å². The second-order valence-electron chi connectivity index (χ2n) is 3.91. The summed E-state index contributed by atoms with van der Waals surface area (Å²) >= 11 is 2.25. The molecule has 0 aliphatic carbocycles. The Bertz CT molecular complexity index is 431. The fourth-order valence-corrected chi connectivity index (χ4v) is 2.38. The van der Waals surface area contributed by atoms with Gasteiger partial charge >= 0.3 is 0 Å². The molecule has 1 amide bonds. The number of Topliss-reactive ketones (excluding diaryl/α,β-unsaturated/α-hetero) is 1. The standard InChI is InChI=1S/C12H12INO2/c13-10-3-1-2-9(6-10)8-14-5-4-11(15)7-12(14)16/h1-3,6H,4-5,7-8H2. The molecule has 3 nitrogen and oxygen atoms in total. The van der Waals surface area contributed by atoms with E-state index in [0.29, 0.717) is 19.5 Å². The molecule has 0 bridgehead atoms. The van der Waals surface area contributed by atoms with Crippen molar-refractivity contribution in [2.45, 2.75) is 19.4 Å². The van der Waals surface area contributed by atoms with E-state index in [9.17, 15) is 9.59 Å². The number of carbonyl (C=O) groups excluding carboxylic acids is 2. The van der Waals surface area contributed by atoms with E-state index in [1.54, 1.807) is 4.90 Å². The molecule has 1 saturated heterocycles. The minimum atomic E-state index is -0.0462. The summed E-state index contributed by atoms with van der Waals surface area (Å²) in [4.78, 5) is 24.4. The first-order valence-electron chi connectivity index (χ1n) is 5.19. The normalized spacial score (nSPS) is 16.7. The summed E-state index contributed by atoms with van der Waals surface area (Å²) in [6, 6.07) is 8.07. The van der Waals surface area contributed by atoms with Gasteiger partial charge in [-0.05, 0) is 40.3 Å². The van der Waals surface area contributed by atoms with Gasteiger partial charge < -0.3 is 4.90 Å². The lowest BCUT2D eigenvalue weighted by molar-refractivity contribution is -0.139. The number of piperidine rings is 1. The topological polar surface area (TPSA) is 37.4 Å². The Labute approximate surface area is 108 Å². The highest BCUT2D eigenvalue weighted by Gasteiger charge is 2.23. The average molecular weight is 329 g/mol. The van der Waals surface area contributed by atoms with E-state index in [1.165, 1.54) is 0 Å². The van der Waals surface area contributed by atoms with Gasteiger partial charge in [-0.25, -0.2) is 0 Å². The molecule has 1 fully saturated rings. The maximum Gasteiger partial charge on any atom is 0.230 e. The van der Waals surface area contributed by atoms with Crippen molar-refractivity contribution in [1.82, 2.24) is 4.90 Å². The molecule has 0 unspecified atom stereocenters. The van der Waals surface area contributed by atoms with Crippen LogP contribution in [-0.2, 0) is 16.1 Å². The SMILES string of the molecule is O=C1CCN(Cc2cccc(I)c2)C(=O)C1. The molecule has 0 N–H and O–H groups in total. The lowest BCUT2D eigenvalue weighted by atomic mass is 10.1. The smallest absolute Gasteiger partial charge is 0.230 e. The van der Waals surface area contributed by atoms with Crippen molar-refractivity contribution in [3.05, 3.63) is 33.4 Å². The highest BCUT2D eigenvalue weighted by molar-refractivity contribution is 14.1. The summed E-state index contributed by atoms with van der Waals surface area (Å²) in [7, 11) is 0. The molecule has 0 saturated carbocycles. The van der Waals surface area contributed by atoms with Crippen molar-refractivity contribution < 1.29 is 9.59 Å². The first-order chi connectivity index (χ1) is 7.65. The van der Waals surface area contributed by atoms with Crippen LogP contribution in [0.25, 0.3) is 0 Å². The number of amides is 1. The largest absolute Gasteiger partial charge is 0.338 e. The van der Waals surface area contributed by atoms with Gasteiger partial charge in [0.2, 0.25) is 5.91 Å². The summed E-state index contributed by atoms with van der Waals surface area (Å²) in [6.45, 7) is 1.17. The first kappa shape index (κ1) is 11.6. The summed E-state index contributed by atoms with van der Waals surface area (Å²) in [5, 5.41) is 0. The van der Waals surface area contributed by atoms with Crippen LogP contribution in [0.5, 0.6) is 0 Å². The van der Waals surface area contributed by atoms with E-state index in [0.717, 1.165) is 9.13 Å². The molecule has 2 rings (SSSR count). The number of benzene rings is 1. The number of hydrogen-bond acceptors (Lipinski definition) is 2. The number of carbonyl (C=O) groups is 2. The maximum atomic E-state index is 11.6. The number of likely N-dealkylation sites (tertiary alicyclic amines) is 1. The fraction of sp³-hybridized carbons (Fsp3) is 0.333. The van der Waals surface area contributed by atoms with Gasteiger partial charge in [0, 0.05) is 23.1 Å². The summed E-state index contributed by atoms with van der Waals surface area (Å²) in [6.07, 6.45) is 0.569. The van der Waals surface area contributed by atoms with Gasteiger partial charge in [0.25, 0.3) is 0 Å². The summed E-state index contributed by atoms with van der Waals surface area (Å²) < 4.78 is 1.16. The van der Waals surface area contributed by atoms with Gasteiger partial charge in [-0.2, -0.15) is 0 Å². The van der Waals surface area contributed by atoms with Crippen LogP contribution in [0.3, 0.4) is 0 Å². The van der Waals surface area contributed by atoms with Crippen LogP contribution in [-0.4, -0.2) is 23.1 Å². The molecule has 1 heterocycles. The molecule has 0 spiro atoms. The zero-order valence-electron chi connectivity index (χ0n) is 8.78. The maximum absolute atomic E-state index is 11.6. The van der Waals surface area contributed by atoms with Crippen molar-refractivity contribution in [3.8, 4) is 0 Å². The van der Waals surface area contributed by atoms with Crippen LogP contribution in [0.2, 0.25) is 0 Å². The quantitative estimate of drug-likeness (QED) is 0.615. The van der Waals surface area contributed by atoms with E-state index >= 15 is 0 Å². The highest BCUT2D eigenvalue weighted by atomic mass is 127. The van der Waals surface area contributed by atoms with Crippen LogP contribution < -0.4 is 0 Å². The van der Waals surface area contributed by atoms with Crippen molar-refractivity contribution >= 4 is 34.3 Å². The van der Waals surface area contributed by atoms with Crippen LogP contribution >= 0.6 is 22.6 Å². The number of halogens is 1. The Morgan fingerprint density at radius 1 is 1.31 bits per heavy atom. The predicted octanol–water partition coefficient (Wildman–Crippen LogP) is 1.98. The van der Waals surface area contributed by atoms with E-state index < -0.39 is 0 Å². The molecular formula is C12H12INO2. The number of hydrogen-bond donors (Lipinski definition) is 0. The summed E-state index contributed by atoms with van der Waals surface area (Å²) in [5.74, 6) is 0.0130. The third-order valence-corrected chi connectivity index (χ3v) is 3.30. The Hall–Kier alpha value is -0.910. The van der Waals surface area contributed by atoms with Gasteiger partial charge in [0.15, 0.2) is 0 Å². The van der Waals surface area contributed by atoms with E-state index in [-0.39, 0.29) is 18.1 Å². The van der Waals surface area contributed by atoms with E-state index in [4.69, 9.17) is 0 Å². The molecule has 1 aliphatic heterocycles. The lowest BCUT2D eigenvalue weighted by Gasteiger charge is -2.26. The molecular weight excluding hydrogens is 317 g/mol. The monoisotopic (exact) mass is 329 g/mol. The van der Waals surface area contributed by atoms with Gasteiger partial charge in [-0.15, -0.1) is 0 Å². The van der Waals surface area contributed by atoms with Gasteiger partial charge in [-0.1, -0.05) is 12.1 Å². The minimum Gasteiger partial charge on any atom is -0.338 e. The van der Waals surface area contributed by atoms with Crippen LogP contribution in [0.15, 0.2) is 24.3 Å². The van der Waals surface area contributed by atoms with E-state index in [2.05, 4.69) is 28.7 Å². The first-order valence-corrected chi connectivity index (χ1v) is 6.27. The zero-order chi connectivity index (χ0) is 11.5. The number of ketones is 1. The molecule has 16 heavy (non-hydrogen) atoms. The second kappa shape index (κ2) is 4.95. The van der Waals surface area contributed by atoms with Crippen molar-refractivity contribution in [1.29, 1.82) is 0 Å². The predicted molar refractivity (Wildman–Crippen MR) is 68.8 cm³/mol. The van der Waals surface area contributed by atoms with Crippen molar-refractivity contribution in [3.63, 3.8) is 0 Å². The Balaban J connectivity index is 2.05.